The van der Waals surface area contributed by atoms with Crippen molar-refractivity contribution in [2.75, 3.05) is 32.2 Å². The highest BCUT2D eigenvalue weighted by Gasteiger charge is 2.26. The number of anilines is 1. The molecule has 0 aromatic carbocycles. The van der Waals surface area contributed by atoms with Crippen molar-refractivity contribution >= 4 is 34.1 Å². The maximum absolute atomic E-state index is 12.6. The molecule has 0 spiro atoms. The van der Waals surface area contributed by atoms with Crippen molar-refractivity contribution < 1.29 is 23.9 Å². The number of allylic oxidation sites excluding steroid dienone is 1. The minimum absolute atomic E-state index is 0.219. The summed E-state index contributed by atoms with van der Waals surface area (Å²) in [5, 5.41) is 6.07. The van der Waals surface area contributed by atoms with E-state index in [1.165, 1.54) is 17.4 Å². The number of hydrogen-bond acceptors (Lipinski definition) is 6. The summed E-state index contributed by atoms with van der Waals surface area (Å²) in [5.74, 6) is -1.24. The van der Waals surface area contributed by atoms with Crippen molar-refractivity contribution in [3.05, 3.63) is 27.7 Å². The number of fused-ring (bicyclic) bond motifs is 1. The Morgan fingerprint density at radius 1 is 1.19 bits per heavy atom. The van der Waals surface area contributed by atoms with Gasteiger partial charge in [-0.15, -0.1) is 11.3 Å². The molecule has 1 aliphatic carbocycles. The van der Waals surface area contributed by atoms with E-state index in [2.05, 4.69) is 10.6 Å². The fraction of sp³-hybridized carbons (Fsp3) is 0.526. The third kappa shape index (κ3) is 6.18. The average Bonchev–Trinajstić information content (AvgIpc) is 2.97. The molecule has 0 saturated heterocycles. The summed E-state index contributed by atoms with van der Waals surface area (Å²) in [7, 11) is 1.57. The number of esters is 1. The Morgan fingerprint density at radius 2 is 1.93 bits per heavy atom. The first-order valence-electron chi connectivity index (χ1n) is 8.95. The van der Waals surface area contributed by atoms with Gasteiger partial charge in [0.1, 0.15) is 5.00 Å². The number of nitrogens with one attached hydrogen (secondary N) is 2. The second kappa shape index (κ2) is 10.2. The minimum Gasteiger partial charge on any atom is -0.452 e. The normalized spacial score (nSPS) is 12.7. The molecular formula is C19H26N2O5S. The molecule has 2 rings (SSSR count). The Bertz CT molecular complexity index is 735. The Morgan fingerprint density at radius 3 is 2.63 bits per heavy atom. The fourth-order valence-electron chi connectivity index (χ4n) is 2.83. The molecule has 8 heteroatoms. The third-order valence-electron chi connectivity index (χ3n) is 4.00. The predicted octanol–water partition coefficient (Wildman–Crippen LogP) is 2.45. The number of rotatable bonds is 8. The molecule has 2 amide bonds. The maximum Gasteiger partial charge on any atom is 0.331 e. The van der Waals surface area contributed by atoms with E-state index in [1.807, 2.05) is 0 Å². The average molecular weight is 394 g/mol. The van der Waals surface area contributed by atoms with Gasteiger partial charge in [0.2, 0.25) is 0 Å². The maximum atomic E-state index is 12.6. The lowest BCUT2D eigenvalue weighted by Crippen LogP contribution is -2.29. The van der Waals surface area contributed by atoms with Crippen LogP contribution in [0.15, 0.2) is 11.6 Å². The summed E-state index contributed by atoms with van der Waals surface area (Å²) in [6, 6.07) is 0. The van der Waals surface area contributed by atoms with Crippen molar-refractivity contribution in [2.45, 2.75) is 39.5 Å². The summed E-state index contributed by atoms with van der Waals surface area (Å²) >= 11 is 1.43. The van der Waals surface area contributed by atoms with Crippen LogP contribution in [-0.2, 0) is 31.9 Å². The van der Waals surface area contributed by atoms with Crippen molar-refractivity contribution in [3.8, 4) is 0 Å². The van der Waals surface area contributed by atoms with Gasteiger partial charge in [-0.25, -0.2) is 4.79 Å². The number of ether oxygens (including phenoxy) is 2. The van der Waals surface area contributed by atoms with Crippen LogP contribution in [0.1, 0.15) is 47.5 Å². The van der Waals surface area contributed by atoms with Crippen molar-refractivity contribution in [3.63, 3.8) is 0 Å². The van der Waals surface area contributed by atoms with E-state index < -0.39 is 18.5 Å². The molecule has 1 aromatic heterocycles. The summed E-state index contributed by atoms with van der Waals surface area (Å²) < 4.78 is 9.89. The van der Waals surface area contributed by atoms with Gasteiger partial charge in [0, 0.05) is 24.6 Å². The van der Waals surface area contributed by atoms with Crippen LogP contribution in [0, 0.1) is 0 Å². The molecule has 1 aliphatic rings. The van der Waals surface area contributed by atoms with Crippen molar-refractivity contribution in [2.24, 2.45) is 0 Å². The first-order chi connectivity index (χ1) is 12.9. The first-order valence-corrected chi connectivity index (χ1v) is 9.77. The van der Waals surface area contributed by atoms with Crippen LogP contribution in [0.25, 0.3) is 0 Å². The molecule has 0 fully saturated rings. The van der Waals surface area contributed by atoms with Gasteiger partial charge >= 0.3 is 5.97 Å². The summed E-state index contributed by atoms with van der Waals surface area (Å²) in [6.07, 6.45) is 5.15. The van der Waals surface area contributed by atoms with Gasteiger partial charge in [0.15, 0.2) is 6.61 Å². The van der Waals surface area contributed by atoms with E-state index in [0.717, 1.165) is 41.7 Å². The lowest BCUT2D eigenvalue weighted by molar-refractivity contribution is -0.142. The molecule has 0 aliphatic heterocycles. The molecule has 0 unspecified atom stereocenters. The fourth-order valence-corrected chi connectivity index (χ4v) is 4.13. The second-order valence-electron chi connectivity index (χ2n) is 6.54. The summed E-state index contributed by atoms with van der Waals surface area (Å²) in [4.78, 5) is 37.5. The largest absolute Gasteiger partial charge is 0.452 e. The minimum atomic E-state index is -0.562. The van der Waals surface area contributed by atoms with E-state index in [9.17, 15) is 14.4 Å². The molecule has 148 valence electrons. The van der Waals surface area contributed by atoms with Crippen LogP contribution in [0.2, 0.25) is 0 Å². The Kier molecular flexibility index (Phi) is 7.99. The van der Waals surface area contributed by atoms with Gasteiger partial charge in [0.25, 0.3) is 11.8 Å². The molecule has 1 aromatic rings. The van der Waals surface area contributed by atoms with Crippen LogP contribution in [0.3, 0.4) is 0 Å². The van der Waals surface area contributed by atoms with Gasteiger partial charge in [-0.2, -0.15) is 0 Å². The zero-order valence-corrected chi connectivity index (χ0v) is 16.8. The first kappa shape index (κ1) is 21.1. The van der Waals surface area contributed by atoms with Crippen molar-refractivity contribution in [1.29, 1.82) is 0 Å². The van der Waals surface area contributed by atoms with Crippen molar-refractivity contribution in [1.82, 2.24) is 5.32 Å². The van der Waals surface area contributed by atoms with Crippen LogP contribution in [-0.4, -0.2) is 44.7 Å². The second-order valence-corrected chi connectivity index (χ2v) is 7.65. The number of methoxy groups -OCH3 is 1. The Balaban J connectivity index is 2.09. The topological polar surface area (TPSA) is 93.7 Å². The predicted molar refractivity (Wildman–Crippen MR) is 104 cm³/mol. The van der Waals surface area contributed by atoms with Gasteiger partial charge in [-0.1, -0.05) is 5.57 Å². The summed E-state index contributed by atoms with van der Waals surface area (Å²) in [6.45, 7) is 3.96. The number of amides is 2. The van der Waals surface area contributed by atoms with Crippen LogP contribution in [0.5, 0.6) is 0 Å². The van der Waals surface area contributed by atoms with E-state index in [4.69, 9.17) is 9.47 Å². The monoisotopic (exact) mass is 394 g/mol. The van der Waals surface area contributed by atoms with Gasteiger partial charge in [0.05, 0.1) is 12.2 Å². The number of thiophene rings is 1. The highest BCUT2D eigenvalue weighted by atomic mass is 32.1. The van der Waals surface area contributed by atoms with Crippen LogP contribution in [0.4, 0.5) is 5.00 Å². The highest BCUT2D eigenvalue weighted by Crippen LogP contribution is 2.38. The number of hydrogen-bond donors (Lipinski definition) is 2. The molecule has 0 saturated carbocycles. The lowest BCUT2D eigenvalue weighted by Gasteiger charge is -2.13. The highest BCUT2D eigenvalue weighted by molar-refractivity contribution is 7.17. The van der Waals surface area contributed by atoms with E-state index >= 15 is 0 Å². The quantitative estimate of drug-likeness (QED) is 0.401. The standard InChI is InChI=1S/C19H26N2O5S/c1-12(2)10-16(23)26-11-15(22)21-19-17(18(24)20-8-9-25-3)13-6-4-5-7-14(13)27-19/h10H,4-9,11H2,1-3H3,(H,20,24)(H,21,22). The molecule has 0 bridgehead atoms. The van der Waals surface area contributed by atoms with Gasteiger partial charge < -0.3 is 20.1 Å². The number of aryl methyl sites for hydroxylation is 1. The zero-order valence-electron chi connectivity index (χ0n) is 16.0. The van der Waals surface area contributed by atoms with E-state index in [0.29, 0.717) is 23.7 Å². The lowest BCUT2D eigenvalue weighted by atomic mass is 9.95. The SMILES string of the molecule is COCCNC(=O)c1c(NC(=O)COC(=O)C=C(C)C)sc2c1CCCC2. The van der Waals surface area contributed by atoms with Crippen LogP contribution >= 0.6 is 11.3 Å². The van der Waals surface area contributed by atoms with Gasteiger partial charge in [-0.05, 0) is 45.1 Å². The van der Waals surface area contributed by atoms with E-state index in [-0.39, 0.29) is 5.91 Å². The molecule has 2 N–H and O–H groups in total. The van der Waals surface area contributed by atoms with E-state index in [1.54, 1.807) is 21.0 Å². The molecule has 0 radical (unpaired) electrons. The molecular weight excluding hydrogens is 368 g/mol. The smallest absolute Gasteiger partial charge is 0.331 e. The molecule has 0 atom stereocenters. The Hall–Kier alpha value is -2.19. The number of carbonyl (C=O) groups is 3. The molecule has 27 heavy (non-hydrogen) atoms. The number of carbonyl (C=O) groups excluding carboxylic acids is 3. The third-order valence-corrected chi connectivity index (χ3v) is 5.20. The van der Waals surface area contributed by atoms with Gasteiger partial charge in [-0.3, -0.25) is 9.59 Å². The van der Waals surface area contributed by atoms with Crippen LogP contribution < -0.4 is 10.6 Å². The Labute approximate surface area is 163 Å². The zero-order chi connectivity index (χ0) is 19.8. The molecule has 1 heterocycles. The summed E-state index contributed by atoms with van der Waals surface area (Å²) in [5.41, 5.74) is 2.33. The molecule has 7 nitrogen and oxygen atoms in total.